The molecule has 0 saturated heterocycles. The third-order valence-corrected chi connectivity index (χ3v) is 4.57. The molecule has 0 heterocycles. The Morgan fingerprint density at radius 3 is 0.917 bits per heavy atom. The van der Waals surface area contributed by atoms with Crippen molar-refractivity contribution in [1.29, 1.82) is 0 Å². The number of hydrogen-bond acceptors (Lipinski definition) is 4. The molecule has 0 atom stereocenters. The van der Waals surface area contributed by atoms with Gasteiger partial charge in [0.2, 0.25) is 0 Å². The van der Waals surface area contributed by atoms with Crippen LogP contribution in [0.25, 0.3) is 0 Å². The molecule has 24 heavy (non-hydrogen) atoms. The van der Waals surface area contributed by atoms with Crippen LogP contribution in [-0.4, -0.2) is 39.3 Å². The lowest BCUT2D eigenvalue weighted by Gasteiger charge is -2.06. The van der Waals surface area contributed by atoms with Crippen molar-refractivity contribution in [2.45, 2.75) is 89.9 Å². The van der Waals surface area contributed by atoms with Gasteiger partial charge in [0.25, 0.3) is 0 Å². The quantitative estimate of drug-likeness (QED) is 0.241. The van der Waals surface area contributed by atoms with Gasteiger partial charge in [-0.15, -0.1) is 0 Å². The molecule has 0 aromatic rings. The van der Waals surface area contributed by atoms with Crippen molar-refractivity contribution in [2.24, 2.45) is 11.5 Å². The Labute approximate surface area is 151 Å². The molecule has 0 bridgehead atoms. The highest BCUT2D eigenvalue weighted by atomic mass is 14.9. The first-order valence-corrected chi connectivity index (χ1v) is 10.7. The molecule has 0 aliphatic rings. The number of nitrogens with one attached hydrogen (secondary N) is 2. The molecule has 0 aliphatic heterocycles. The van der Waals surface area contributed by atoms with Crippen molar-refractivity contribution >= 4 is 0 Å². The lowest BCUT2D eigenvalue weighted by atomic mass is 10.1. The van der Waals surface area contributed by atoms with Crippen LogP contribution >= 0.6 is 0 Å². The van der Waals surface area contributed by atoms with Crippen molar-refractivity contribution < 1.29 is 0 Å². The molecule has 0 aromatic heterocycles. The van der Waals surface area contributed by atoms with Gasteiger partial charge >= 0.3 is 0 Å². The Morgan fingerprint density at radius 1 is 0.333 bits per heavy atom. The van der Waals surface area contributed by atoms with Crippen LogP contribution in [0.2, 0.25) is 0 Å². The van der Waals surface area contributed by atoms with Gasteiger partial charge in [0.05, 0.1) is 0 Å². The van der Waals surface area contributed by atoms with E-state index in [1.54, 1.807) is 0 Å². The molecule has 4 heteroatoms. The average Bonchev–Trinajstić information content (AvgIpc) is 2.60. The molecule has 0 aromatic carbocycles. The van der Waals surface area contributed by atoms with E-state index in [4.69, 9.17) is 11.5 Å². The number of unbranched alkanes of at least 4 members (excludes halogenated alkanes) is 11. The van der Waals surface area contributed by atoms with E-state index >= 15 is 0 Å². The summed E-state index contributed by atoms with van der Waals surface area (Å²) in [5.41, 5.74) is 11.0. The molecule has 0 rings (SSSR count). The van der Waals surface area contributed by atoms with Crippen LogP contribution in [0.15, 0.2) is 0 Å². The lowest BCUT2D eigenvalue weighted by Crippen LogP contribution is -2.20. The van der Waals surface area contributed by atoms with E-state index in [1.807, 2.05) is 0 Å². The zero-order valence-corrected chi connectivity index (χ0v) is 16.3. The van der Waals surface area contributed by atoms with Crippen LogP contribution in [0.5, 0.6) is 0 Å². The van der Waals surface area contributed by atoms with Gasteiger partial charge in [0.1, 0.15) is 0 Å². The Hall–Kier alpha value is -0.160. The van der Waals surface area contributed by atoms with Crippen molar-refractivity contribution in [2.75, 3.05) is 39.3 Å². The molecule has 4 nitrogen and oxygen atoms in total. The minimum Gasteiger partial charge on any atom is -0.330 e. The molecule has 146 valence electrons. The first-order chi connectivity index (χ1) is 11.9. The van der Waals surface area contributed by atoms with E-state index < -0.39 is 0 Å². The fourth-order valence-corrected chi connectivity index (χ4v) is 2.95. The predicted molar refractivity (Wildman–Crippen MR) is 108 cm³/mol. The van der Waals surface area contributed by atoms with E-state index in [2.05, 4.69) is 10.6 Å². The maximum absolute atomic E-state index is 5.49. The third kappa shape index (κ3) is 21.8. The summed E-state index contributed by atoms with van der Waals surface area (Å²) in [7, 11) is 0. The maximum Gasteiger partial charge on any atom is -0.00484 e. The fraction of sp³-hybridized carbons (Fsp3) is 1.00. The molecule has 0 spiro atoms. The van der Waals surface area contributed by atoms with Gasteiger partial charge in [-0.25, -0.2) is 0 Å². The van der Waals surface area contributed by atoms with Gasteiger partial charge in [-0.05, 0) is 77.8 Å². The Kier molecular flexibility index (Phi) is 22.7. The first-order valence-electron chi connectivity index (χ1n) is 10.7. The molecule has 0 aliphatic carbocycles. The van der Waals surface area contributed by atoms with Gasteiger partial charge < -0.3 is 22.1 Å². The van der Waals surface area contributed by atoms with Gasteiger partial charge in [0, 0.05) is 0 Å². The van der Waals surface area contributed by atoms with Crippen LogP contribution in [0, 0.1) is 0 Å². The minimum atomic E-state index is 0.853. The van der Waals surface area contributed by atoms with Gasteiger partial charge in [0.15, 0.2) is 0 Å². The van der Waals surface area contributed by atoms with Gasteiger partial charge in [-0.2, -0.15) is 0 Å². The highest BCUT2D eigenvalue weighted by Crippen LogP contribution is 2.04. The van der Waals surface area contributed by atoms with Crippen LogP contribution in [-0.2, 0) is 0 Å². The van der Waals surface area contributed by atoms with Crippen molar-refractivity contribution in [3.05, 3.63) is 0 Å². The summed E-state index contributed by atoms with van der Waals surface area (Å²) in [6, 6.07) is 0. The molecule has 0 fully saturated rings. The van der Waals surface area contributed by atoms with E-state index in [0.29, 0.717) is 0 Å². The molecule has 0 saturated carbocycles. The summed E-state index contributed by atoms with van der Waals surface area (Å²) in [6.45, 7) is 6.44. The zero-order valence-electron chi connectivity index (χ0n) is 16.3. The smallest absolute Gasteiger partial charge is 0.00484 e. The van der Waals surface area contributed by atoms with Crippen LogP contribution in [0.3, 0.4) is 0 Å². The van der Waals surface area contributed by atoms with Crippen LogP contribution < -0.4 is 22.1 Å². The summed E-state index contributed by atoms with van der Waals surface area (Å²) < 4.78 is 0. The van der Waals surface area contributed by atoms with Gasteiger partial charge in [-0.3, -0.25) is 0 Å². The molecule has 0 amide bonds. The summed E-state index contributed by atoms with van der Waals surface area (Å²) in [4.78, 5) is 0. The molecule has 6 N–H and O–H groups in total. The summed E-state index contributed by atoms with van der Waals surface area (Å²) in [5, 5.41) is 7.13. The Bertz CT molecular complexity index is 190. The monoisotopic (exact) mass is 342 g/mol. The first kappa shape index (κ1) is 23.8. The van der Waals surface area contributed by atoms with E-state index in [-0.39, 0.29) is 0 Å². The number of rotatable bonds is 21. The standard InChI is InChI=1S/C20H46N4/c21-15-9-5-1-3-7-11-17-23-19-13-14-20-24-18-12-8-4-2-6-10-16-22/h23-24H,1-22H2. The average molecular weight is 343 g/mol. The topological polar surface area (TPSA) is 76.1 Å². The largest absolute Gasteiger partial charge is 0.330 e. The lowest BCUT2D eigenvalue weighted by molar-refractivity contribution is 0.534. The molecule has 0 unspecified atom stereocenters. The molecular weight excluding hydrogens is 296 g/mol. The van der Waals surface area contributed by atoms with E-state index in [9.17, 15) is 0 Å². The second kappa shape index (κ2) is 22.8. The Balaban J connectivity index is 2.93. The fourth-order valence-electron chi connectivity index (χ4n) is 2.95. The van der Waals surface area contributed by atoms with E-state index in [1.165, 1.54) is 116 Å². The van der Waals surface area contributed by atoms with Crippen molar-refractivity contribution in [3.8, 4) is 0 Å². The Morgan fingerprint density at radius 2 is 0.583 bits per heavy atom. The molecular formula is C20H46N4. The highest BCUT2D eigenvalue weighted by molar-refractivity contribution is 4.54. The van der Waals surface area contributed by atoms with Crippen molar-refractivity contribution in [1.82, 2.24) is 10.6 Å². The third-order valence-electron chi connectivity index (χ3n) is 4.57. The maximum atomic E-state index is 5.49. The van der Waals surface area contributed by atoms with Crippen LogP contribution in [0.1, 0.15) is 89.9 Å². The van der Waals surface area contributed by atoms with E-state index in [0.717, 1.165) is 13.1 Å². The van der Waals surface area contributed by atoms with Crippen molar-refractivity contribution in [3.63, 3.8) is 0 Å². The second-order valence-corrected chi connectivity index (χ2v) is 7.03. The summed E-state index contributed by atoms with van der Waals surface area (Å²) in [5.74, 6) is 0. The van der Waals surface area contributed by atoms with Gasteiger partial charge in [-0.1, -0.05) is 51.4 Å². The predicted octanol–water partition coefficient (Wildman–Crippen LogP) is 3.54. The zero-order chi connectivity index (χ0) is 17.6. The SMILES string of the molecule is NCCCCCCCCNCCCCNCCCCCCCCN. The minimum absolute atomic E-state index is 0.853. The normalized spacial score (nSPS) is 11.2. The summed E-state index contributed by atoms with van der Waals surface area (Å²) in [6.07, 6.45) is 18.4. The second-order valence-electron chi connectivity index (χ2n) is 7.03. The number of nitrogens with two attached hydrogens (primary N) is 2. The molecule has 0 radical (unpaired) electrons. The summed E-state index contributed by atoms with van der Waals surface area (Å²) >= 11 is 0. The van der Waals surface area contributed by atoms with Crippen LogP contribution in [0.4, 0.5) is 0 Å². The number of hydrogen-bond donors (Lipinski definition) is 4. The highest BCUT2D eigenvalue weighted by Gasteiger charge is 1.93.